The van der Waals surface area contributed by atoms with E-state index in [0.29, 0.717) is 12.3 Å². The lowest BCUT2D eigenvalue weighted by Gasteiger charge is -2.13. The molecule has 2 N–H and O–H groups in total. The fourth-order valence-electron chi connectivity index (χ4n) is 3.21. The van der Waals surface area contributed by atoms with Crippen molar-refractivity contribution in [1.82, 2.24) is 10.6 Å². The zero-order valence-corrected chi connectivity index (χ0v) is 14.7. The molecule has 0 spiro atoms. The summed E-state index contributed by atoms with van der Waals surface area (Å²) in [5, 5.41) is 7.84. The zero-order chi connectivity index (χ0) is 18.1. The highest BCUT2D eigenvalue weighted by Gasteiger charge is 2.18. The largest absolute Gasteiger partial charge is 0.459 e. The molecule has 4 rings (SSSR count). The standard InChI is InChI=1S/C21H20N2O3/c1-13-17-8-4-6-10-19(17)26-20(13)14(2)23-21(24)22-12-16-11-15-7-3-5-9-18(15)25-16/h3-11,14H,12H2,1-2H3,(H2,22,23,24)/t14-/m1/s1. The van der Waals surface area contributed by atoms with Gasteiger partial charge in [-0.2, -0.15) is 0 Å². The number of hydrogen-bond donors (Lipinski definition) is 2. The van der Waals surface area contributed by atoms with Crippen LogP contribution in [0.5, 0.6) is 0 Å². The minimum atomic E-state index is -0.266. The van der Waals surface area contributed by atoms with Crippen molar-refractivity contribution in [3.63, 3.8) is 0 Å². The number of carbonyl (C=O) groups excluding carboxylic acids is 1. The van der Waals surface area contributed by atoms with Crippen molar-refractivity contribution in [2.75, 3.05) is 0 Å². The molecule has 0 aliphatic heterocycles. The Balaban J connectivity index is 1.41. The average Bonchev–Trinajstić information content (AvgIpc) is 3.21. The Morgan fingerprint density at radius 2 is 1.77 bits per heavy atom. The van der Waals surface area contributed by atoms with Crippen LogP contribution in [0, 0.1) is 6.92 Å². The number of para-hydroxylation sites is 2. The van der Waals surface area contributed by atoms with Gasteiger partial charge in [0.05, 0.1) is 12.6 Å². The molecule has 0 saturated carbocycles. The highest BCUT2D eigenvalue weighted by Crippen LogP contribution is 2.29. The van der Waals surface area contributed by atoms with Gasteiger partial charge < -0.3 is 19.5 Å². The van der Waals surface area contributed by atoms with Crippen molar-refractivity contribution in [2.45, 2.75) is 26.4 Å². The maximum Gasteiger partial charge on any atom is 0.315 e. The molecular formula is C21H20N2O3. The first-order valence-electron chi connectivity index (χ1n) is 8.61. The molecule has 0 unspecified atom stereocenters. The Bertz CT molecular complexity index is 1040. The first-order chi connectivity index (χ1) is 12.6. The van der Waals surface area contributed by atoms with Crippen molar-refractivity contribution in [1.29, 1.82) is 0 Å². The van der Waals surface area contributed by atoms with Crippen LogP contribution < -0.4 is 10.6 Å². The van der Waals surface area contributed by atoms with Crippen molar-refractivity contribution in [3.05, 3.63) is 71.7 Å². The Morgan fingerprint density at radius 1 is 1.04 bits per heavy atom. The highest BCUT2D eigenvalue weighted by molar-refractivity contribution is 5.82. The van der Waals surface area contributed by atoms with E-state index in [4.69, 9.17) is 8.83 Å². The third-order valence-corrected chi connectivity index (χ3v) is 4.52. The zero-order valence-electron chi connectivity index (χ0n) is 14.7. The van der Waals surface area contributed by atoms with Gasteiger partial charge in [0.25, 0.3) is 0 Å². The van der Waals surface area contributed by atoms with Gasteiger partial charge >= 0.3 is 6.03 Å². The van der Waals surface area contributed by atoms with Gasteiger partial charge in [-0.1, -0.05) is 36.4 Å². The molecule has 2 aromatic carbocycles. The summed E-state index contributed by atoms with van der Waals surface area (Å²) >= 11 is 0. The van der Waals surface area contributed by atoms with E-state index >= 15 is 0 Å². The lowest BCUT2D eigenvalue weighted by Crippen LogP contribution is -2.36. The van der Waals surface area contributed by atoms with E-state index in [-0.39, 0.29) is 12.1 Å². The smallest absolute Gasteiger partial charge is 0.315 e. The van der Waals surface area contributed by atoms with Crippen LogP contribution in [0.3, 0.4) is 0 Å². The normalized spacial score (nSPS) is 12.4. The number of urea groups is 1. The van der Waals surface area contributed by atoms with Crippen molar-refractivity contribution in [2.24, 2.45) is 0 Å². The number of aryl methyl sites for hydroxylation is 1. The summed E-state index contributed by atoms with van der Waals surface area (Å²) in [6, 6.07) is 17.1. The summed E-state index contributed by atoms with van der Waals surface area (Å²) in [7, 11) is 0. The van der Waals surface area contributed by atoms with Gasteiger partial charge in [-0.25, -0.2) is 4.79 Å². The van der Waals surface area contributed by atoms with Crippen LogP contribution in [0.1, 0.15) is 30.0 Å². The molecule has 26 heavy (non-hydrogen) atoms. The molecule has 0 fully saturated rings. The van der Waals surface area contributed by atoms with E-state index in [1.54, 1.807) is 0 Å². The first kappa shape index (κ1) is 16.3. The summed E-state index contributed by atoms with van der Waals surface area (Å²) in [6.07, 6.45) is 0. The second kappa shape index (κ2) is 6.59. The molecule has 0 aliphatic rings. The first-order valence-corrected chi connectivity index (χ1v) is 8.61. The molecule has 2 heterocycles. The van der Waals surface area contributed by atoms with E-state index < -0.39 is 0 Å². The van der Waals surface area contributed by atoms with Crippen LogP contribution in [0.4, 0.5) is 4.79 Å². The van der Waals surface area contributed by atoms with Gasteiger partial charge in [-0.15, -0.1) is 0 Å². The number of hydrogen-bond acceptors (Lipinski definition) is 3. The van der Waals surface area contributed by atoms with Crippen LogP contribution in [0.15, 0.2) is 63.4 Å². The van der Waals surface area contributed by atoms with Crippen molar-refractivity contribution in [3.8, 4) is 0 Å². The van der Waals surface area contributed by atoms with Gasteiger partial charge in [0.2, 0.25) is 0 Å². The number of fused-ring (bicyclic) bond motifs is 2. The van der Waals surface area contributed by atoms with Crippen LogP contribution >= 0.6 is 0 Å². The average molecular weight is 348 g/mol. The van der Waals surface area contributed by atoms with Gasteiger partial charge in [0.15, 0.2) is 0 Å². The summed E-state index contributed by atoms with van der Waals surface area (Å²) in [4.78, 5) is 12.2. The summed E-state index contributed by atoms with van der Waals surface area (Å²) in [6.45, 7) is 4.24. The summed E-state index contributed by atoms with van der Waals surface area (Å²) in [5.74, 6) is 1.49. The van der Waals surface area contributed by atoms with Gasteiger partial charge in [0.1, 0.15) is 22.7 Å². The van der Waals surface area contributed by atoms with E-state index in [9.17, 15) is 4.79 Å². The molecule has 0 saturated heterocycles. The molecule has 5 nitrogen and oxygen atoms in total. The third-order valence-electron chi connectivity index (χ3n) is 4.52. The molecule has 0 bridgehead atoms. The molecule has 132 valence electrons. The predicted octanol–water partition coefficient (Wildman–Crippen LogP) is 5.05. The minimum Gasteiger partial charge on any atom is -0.459 e. The molecule has 4 aromatic rings. The lowest BCUT2D eigenvalue weighted by atomic mass is 10.1. The topological polar surface area (TPSA) is 67.4 Å². The maximum absolute atomic E-state index is 12.2. The monoisotopic (exact) mass is 348 g/mol. The summed E-state index contributed by atoms with van der Waals surface area (Å²) in [5.41, 5.74) is 2.69. The molecule has 0 aliphatic carbocycles. The van der Waals surface area contributed by atoms with E-state index in [1.165, 1.54) is 0 Å². The number of amides is 2. The van der Waals surface area contributed by atoms with Crippen LogP contribution in [0.2, 0.25) is 0 Å². The number of rotatable bonds is 4. The molecule has 5 heteroatoms. The third kappa shape index (κ3) is 3.04. The van der Waals surface area contributed by atoms with Crippen molar-refractivity contribution >= 4 is 28.0 Å². The van der Waals surface area contributed by atoms with Gasteiger partial charge in [-0.3, -0.25) is 0 Å². The molecular weight excluding hydrogens is 328 g/mol. The molecule has 0 radical (unpaired) electrons. The Labute approximate surface area is 151 Å². The molecule has 2 aromatic heterocycles. The Hall–Kier alpha value is -3.21. The maximum atomic E-state index is 12.2. The van der Waals surface area contributed by atoms with Crippen LogP contribution in [-0.4, -0.2) is 6.03 Å². The second-order valence-electron chi connectivity index (χ2n) is 6.39. The minimum absolute atomic E-state index is 0.238. The summed E-state index contributed by atoms with van der Waals surface area (Å²) < 4.78 is 11.6. The molecule has 1 atom stereocenters. The number of benzene rings is 2. The van der Waals surface area contributed by atoms with E-state index in [2.05, 4.69) is 10.6 Å². The Morgan fingerprint density at radius 3 is 2.54 bits per heavy atom. The lowest BCUT2D eigenvalue weighted by molar-refractivity contribution is 0.235. The van der Waals surface area contributed by atoms with Gasteiger partial charge in [0, 0.05) is 16.3 Å². The number of nitrogens with one attached hydrogen (secondary N) is 2. The highest BCUT2D eigenvalue weighted by atomic mass is 16.3. The molecule has 2 amide bonds. The quantitative estimate of drug-likeness (QED) is 0.542. The van der Waals surface area contributed by atoms with Crippen molar-refractivity contribution < 1.29 is 13.6 Å². The van der Waals surface area contributed by atoms with E-state index in [1.807, 2.05) is 68.4 Å². The SMILES string of the molecule is Cc1c([C@@H](C)NC(=O)NCc2cc3ccccc3o2)oc2ccccc12. The fourth-order valence-corrected chi connectivity index (χ4v) is 3.21. The van der Waals surface area contributed by atoms with Crippen LogP contribution in [0.25, 0.3) is 21.9 Å². The Kier molecular flexibility index (Phi) is 4.13. The number of furan rings is 2. The van der Waals surface area contributed by atoms with Gasteiger partial charge in [-0.05, 0) is 32.0 Å². The predicted molar refractivity (Wildman–Crippen MR) is 101 cm³/mol. The van der Waals surface area contributed by atoms with E-state index in [0.717, 1.165) is 33.3 Å². The number of carbonyl (C=O) groups is 1. The second-order valence-corrected chi connectivity index (χ2v) is 6.39. The fraction of sp³-hybridized carbons (Fsp3) is 0.190. The van der Waals surface area contributed by atoms with Crippen LogP contribution in [-0.2, 0) is 6.54 Å².